The molecule has 1 atom stereocenters. The van der Waals surface area contributed by atoms with Gasteiger partial charge in [-0.1, -0.05) is 0 Å². The summed E-state index contributed by atoms with van der Waals surface area (Å²) in [5.41, 5.74) is 6.31. The molecule has 6 nitrogen and oxygen atoms in total. The smallest absolute Gasteiger partial charge is 0.430 e. The summed E-state index contributed by atoms with van der Waals surface area (Å²) >= 11 is 0. The molecule has 4 N–H and O–H groups in total. The number of imidazole rings is 1. The number of aromatic amines is 1. The first-order valence-corrected chi connectivity index (χ1v) is 5.66. The van der Waals surface area contributed by atoms with Crippen molar-refractivity contribution < 1.29 is 28.8 Å². The highest BCUT2D eigenvalue weighted by molar-refractivity contribution is 5.76. The van der Waals surface area contributed by atoms with Crippen LogP contribution < -0.4 is 10.8 Å². The molecule has 1 unspecified atom stereocenters. The van der Waals surface area contributed by atoms with Crippen LogP contribution in [0, 0.1) is 11.3 Å². The van der Waals surface area contributed by atoms with Crippen molar-refractivity contribution in [2.75, 3.05) is 0 Å². The third kappa shape index (κ3) is 4.47. The van der Waals surface area contributed by atoms with Crippen molar-refractivity contribution in [3.63, 3.8) is 0 Å². The summed E-state index contributed by atoms with van der Waals surface area (Å²) in [5, 5.41) is 17.5. The lowest BCUT2D eigenvalue weighted by molar-refractivity contribution is -0.422. The van der Waals surface area contributed by atoms with Crippen LogP contribution in [-0.4, -0.2) is 22.1 Å². The Morgan fingerprint density at radius 3 is 2.52 bits per heavy atom. The van der Waals surface area contributed by atoms with E-state index < -0.39 is 12.1 Å². The molecule has 0 aliphatic rings. The molecule has 0 aliphatic carbocycles. The molecule has 0 radical (unpaired) electrons. The van der Waals surface area contributed by atoms with Crippen LogP contribution in [0.2, 0.25) is 0 Å². The number of hydrogen-bond donors (Lipinski definition) is 2. The fourth-order valence-corrected chi connectivity index (χ4v) is 1.33. The first-order valence-electron chi connectivity index (χ1n) is 5.66. The molecular weight excluding hydrogens is 289 g/mol. The SMILES string of the molecule is CC([NH3+])c1nc2ccc(C#N)cc2[nH]1.O=C([O-])C(F)(F)F. The molecular formula is C12H11F3N4O2. The van der Waals surface area contributed by atoms with Gasteiger partial charge in [0.25, 0.3) is 0 Å². The van der Waals surface area contributed by atoms with Crippen molar-refractivity contribution in [1.29, 1.82) is 5.26 Å². The van der Waals surface area contributed by atoms with Gasteiger partial charge in [0.2, 0.25) is 0 Å². The quantitative estimate of drug-likeness (QED) is 0.772. The number of benzene rings is 1. The van der Waals surface area contributed by atoms with Gasteiger partial charge < -0.3 is 20.6 Å². The average Bonchev–Trinajstić information content (AvgIpc) is 2.81. The van der Waals surface area contributed by atoms with Crippen molar-refractivity contribution >= 4 is 17.0 Å². The van der Waals surface area contributed by atoms with E-state index in [1.54, 1.807) is 12.1 Å². The van der Waals surface area contributed by atoms with Gasteiger partial charge in [-0.3, -0.25) is 0 Å². The molecule has 2 rings (SSSR count). The lowest BCUT2D eigenvalue weighted by Crippen LogP contribution is -2.52. The second-order valence-electron chi connectivity index (χ2n) is 4.15. The van der Waals surface area contributed by atoms with Gasteiger partial charge in [0.05, 0.1) is 22.7 Å². The van der Waals surface area contributed by atoms with Gasteiger partial charge in [0.15, 0.2) is 5.82 Å². The van der Waals surface area contributed by atoms with Crippen LogP contribution in [-0.2, 0) is 4.79 Å². The van der Waals surface area contributed by atoms with E-state index in [1.807, 2.05) is 13.0 Å². The van der Waals surface area contributed by atoms with Crippen LogP contribution >= 0.6 is 0 Å². The number of rotatable bonds is 1. The average molecular weight is 300 g/mol. The normalized spacial score (nSPS) is 12.2. The maximum absolute atomic E-state index is 10.5. The molecule has 0 saturated heterocycles. The number of H-pyrrole nitrogens is 1. The van der Waals surface area contributed by atoms with E-state index in [4.69, 9.17) is 15.2 Å². The van der Waals surface area contributed by atoms with E-state index in [0.29, 0.717) is 5.56 Å². The molecule has 1 aromatic heterocycles. The summed E-state index contributed by atoms with van der Waals surface area (Å²) < 4.78 is 31.5. The summed E-state index contributed by atoms with van der Waals surface area (Å²) in [6.07, 6.45) is -5.19. The Morgan fingerprint density at radius 2 is 2.10 bits per heavy atom. The minimum Gasteiger partial charge on any atom is -0.542 e. The Kier molecular flexibility index (Phi) is 4.88. The van der Waals surface area contributed by atoms with Gasteiger partial charge in [-0.05, 0) is 25.1 Å². The second-order valence-corrected chi connectivity index (χ2v) is 4.15. The van der Waals surface area contributed by atoms with Crippen LogP contribution in [0.1, 0.15) is 24.4 Å². The first kappa shape index (κ1) is 16.5. The summed E-state index contributed by atoms with van der Waals surface area (Å²) in [6.45, 7) is 1.98. The van der Waals surface area contributed by atoms with Crippen molar-refractivity contribution in [2.24, 2.45) is 0 Å². The van der Waals surface area contributed by atoms with Crippen LogP contribution in [0.5, 0.6) is 0 Å². The van der Waals surface area contributed by atoms with E-state index in [9.17, 15) is 13.2 Å². The third-order valence-electron chi connectivity index (χ3n) is 2.33. The maximum atomic E-state index is 10.5. The van der Waals surface area contributed by atoms with E-state index in [1.165, 1.54) is 0 Å². The minimum atomic E-state index is -5.19. The number of nitriles is 1. The number of carbonyl (C=O) groups is 1. The Bertz CT molecular complexity index is 686. The van der Waals surface area contributed by atoms with Gasteiger partial charge in [-0.25, -0.2) is 4.98 Å². The van der Waals surface area contributed by atoms with Crippen LogP contribution in [0.25, 0.3) is 11.0 Å². The van der Waals surface area contributed by atoms with Crippen LogP contribution in [0.3, 0.4) is 0 Å². The van der Waals surface area contributed by atoms with E-state index in [2.05, 4.69) is 21.8 Å². The molecule has 0 fully saturated rings. The Labute approximate surface area is 117 Å². The highest BCUT2D eigenvalue weighted by Gasteiger charge is 2.28. The van der Waals surface area contributed by atoms with Gasteiger partial charge in [0.1, 0.15) is 12.0 Å². The fourth-order valence-electron chi connectivity index (χ4n) is 1.33. The molecule has 0 amide bonds. The summed E-state index contributed by atoms with van der Waals surface area (Å²) in [6, 6.07) is 7.63. The minimum absolute atomic E-state index is 0.132. The van der Waals surface area contributed by atoms with Gasteiger partial charge in [-0.15, -0.1) is 0 Å². The number of carbonyl (C=O) groups excluding carboxylic acids is 1. The molecule has 0 saturated carbocycles. The number of aromatic nitrogens is 2. The molecule has 0 spiro atoms. The summed E-state index contributed by atoms with van der Waals surface area (Å²) in [4.78, 5) is 16.3. The predicted molar refractivity (Wildman–Crippen MR) is 63.2 cm³/mol. The lowest BCUT2D eigenvalue weighted by Gasteiger charge is -2.03. The lowest BCUT2D eigenvalue weighted by atomic mass is 10.2. The van der Waals surface area contributed by atoms with Gasteiger partial charge in [-0.2, -0.15) is 18.4 Å². The highest BCUT2D eigenvalue weighted by Crippen LogP contribution is 2.15. The number of nitrogens with zero attached hydrogens (tertiary/aromatic N) is 2. The fraction of sp³-hybridized carbons (Fsp3) is 0.250. The zero-order chi connectivity index (χ0) is 16.2. The molecule has 2 aromatic rings. The topological polar surface area (TPSA) is 120 Å². The first-order chi connectivity index (χ1) is 9.65. The third-order valence-corrected chi connectivity index (χ3v) is 2.33. The number of fused-ring (bicyclic) bond motifs is 1. The molecule has 1 aromatic carbocycles. The number of quaternary nitrogens is 1. The number of carboxylic acid groups (broad SMARTS) is 1. The number of carboxylic acids is 1. The molecule has 1 heterocycles. The Balaban J connectivity index is 0.000000270. The van der Waals surface area contributed by atoms with Crippen molar-refractivity contribution in [1.82, 2.24) is 9.97 Å². The molecule has 9 heteroatoms. The van der Waals surface area contributed by atoms with E-state index in [-0.39, 0.29) is 6.04 Å². The predicted octanol–water partition coefficient (Wildman–Crippen LogP) is 0.0361. The summed E-state index contributed by atoms with van der Waals surface area (Å²) in [7, 11) is 0. The number of halogens is 3. The number of aliphatic carboxylic acids is 1. The molecule has 21 heavy (non-hydrogen) atoms. The Hall–Kier alpha value is -2.60. The highest BCUT2D eigenvalue weighted by atomic mass is 19.4. The van der Waals surface area contributed by atoms with Crippen LogP contribution in [0.15, 0.2) is 18.2 Å². The van der Waals surface area contributed by atoms with Crippen molar-refractivity contribution in [2.45, 2.75) is 19.1 Å². The maximum Gasteiger partial charge on any atom is 0.430 e. The van der Waals surface area contributed by atoms with Crippen molar-refractivity contribution in [3.8, 4) is 6.07 Å². The van der Waals surface area contributed by atoms with Gasteiger partial charge >= 0.3 is 6.18 Å². The molecule has 0 bridgehead atoms. The van der Waals surface area contributed by atoms with Crippen molar-refractivity contribution in [3.05, 3.63) is 29.6 Å². The standard InChI is InChI=1S/C10H10N4.C2HF3O2/c1-6(12)10-13-8-3-2-7(5-11)4-9(8)14-10;3-2(4,5)1(6)7/h2-4,6H,12H2,1H3,(H,13,14);(H,6,7). The number of alkyl halides is 3. The number of nitrogens with one attached hydrogen (secondary N) is 1. The number of hydrogen-bond acceptors (Lipinski definition) is 4. The van der Waals surface area contributed by atoms with E-state index in [0.717, 1.165) is 16.9 Å². The zero-order valence-electron chi connectivity index (χ0n) is 10.9. The summed E-state index contributed by atoms with van der Waals surface area (Å²) in [5.74, 6) is -2.15. The largest absolute Gasteiger partial charge is 0.542 e. The second kappa shape index (κ2) is 6.23. The zero-order valence-corrected chi connectivity index (χ0v) is 10.9. The molecule has 112 valence electrons. The monoisotopic (exact) mass is 300 g/mol. The van der Waals surface area contributed by atoms with Crippen LogP contribution in [0.4, 0.5) is 13.2 Å². The molecule has 0 aliphatic heterocycles. The van der Waals surface area contributed by atoms with E-state index >= 15 is 0 Å². The Morgan fingerprint density at radius 1 is 1.52 bits per heavy atom. The van der Waals surface area contributed by atoms with Gasteiger partial charge in [0, 0.05) is 0 Å².